The molecule has 1 aromatic heterocycles. The van der Waals surface area contributed by atoms with Crippen LogP contribution in [0.15, 0.2) is 54.6 Å². The van der Waals surface area contributed by atoms with Crippen LogP contribution in [-0.2, 0) is 6.54 Å². The fourth-order valence-electron chi connectivity index (χ4n) is 3.53. The number of ether oxygens (including phenoxy) is 2. The van der Waals surface area contributed by atoms with Crippen LogP contribution in [-0.4, -0.2) is 41.0 Å². The molecule has 140 valence electrons. The third-order valence-corrected chi connectivity index (χ3v) is 4.84. The minimum Gasteiger partial charge on any atom is -0.497 e. The quantitative estimate of drug-likeness (QED) is 0.668. The van der Waals surface area contributed by atoms with E-state index in [0.29, 0.717) is 0 Å². The summed E-state index contributed by atoms with van der Waals surface area (Å²) in [5.41, 5.74) is 4.60. The molecule has 5 nitrogen and oxygen atoms in total. The molecule has 0 bridgehead atoms. The van der Waals surface area contributed by atoms with Gasteiger partial charge >= 0.3 is 0 Å². The van der Waals surface area contributed by atoms with Crippen molar-refractivity contribution in [1.29, 1.82) is 0 Å². The van der Waals surface area contributed by atoms with Crippen molar-refractivity contribution in [3.8, 4) is 17.2 Å². The number of likely N-dealkylation sites (tertiary alicyclic amines) is 1. The highest BCUT2D eigenvalue weighted by molar-refractivity contribution is 5.37. The zero-order chi connectivity index (χ0) is 18.8. The van der Waals surface area contributed by atoms with Crippen LogP contribution in [0.4, 0.5) is 0 Å². The lowest BCUT2D eigenvalue weighted by Crippen LogP contribution is -2.53. The number of nitrogens with zero attached hydrogens (tertiary/aromatic N) is 3. The summed E-state index contributed by atoms with van der Waals surface area (Å²) in [6, 6.07) is 18.5. The second-order valence-electron chi connectivity index (χ2n) is 7.12. The molecular weight excluding hydrogens is 338 g/mol. The van der Waals surface area contributed by atoms with Crippen LogP contribution in [0.1, 0.15) is 17.0 Å². The van der Waals surface area contributed by atoms with Crippen LogP contribution in [0.25, 0.3) is 5.69 Å². The molecule has 0 amide bonds. The van der Waals surface area contributed by atoms with E-state index in [1.807, 2.05) is 35.9 Å². The molecule has 1 saturated heterocycles. The molecule has 0 atom stereocenters. The van der Waals surface area contributed by atoms with E-state index in [2.05, 4.69) is 47.3 Å². The van der Waals surface area contributed by atoms with E-state index in [-0.39, 0.29) is 6.10 Å². The van der Waals surface area contributed by atoms with Crippen molar-refractivity contribution in [2.45, 2.75) is 26.5 Å². The van der Waals surface area contributed by atoms with Gasteiger partial charge in [0.1, 0.15) is 17.6 Å². The molecule has 1 fully saturated rings. The molecule has 0 radical (unpaired) electrons. The second kappa shape index (κ2) is 7.45. The zero-order valence-corrected chi connectivity index (χ0v) is 16.1. The van der Waals surface area contributed by atoms with Gasteiger partial charge in [0, 0.05) is 31.4 Å². The lowest BCUT2D eigenvalue weighted by atomic mass is 10.1. The van der Waals surface area contributed by atoms with Crippen LogP contribution < -0.4 is 9.47 Å². The van der Waals surface area contributed by atoms with Gasteiger partial charge in [-0.1, -0.05) is 18.2 Å². The minimum atomic E-state index is 0.233. The number of hydrogen-bond acceptors (Lipinski definition) is 4. The van der Waals surface area contributed by atoms with Crippen LogP contribution in [0.2, 0.25) is 0 Å². The number of aryl methyl sites for hydroxylation is 2. The van der Waals surface area contributed by atoms with Gasteiger partial charge in [-0.2, -0.15) is 5.10 Å². The topological polar surface area (TPSA) is 39.5 Å². The molecule has 3 aromatic rings. The van der Waals surface area contributed by atoms with E-state index in [0.717, 1.165) is 48.2 Å². The maximum absolute atomic E-state index is 6.04. The van der Waals surface area contributed by atoms with Gasteiger partial charge in [-0.3, -0.25) is 4.90 Å². The molecule has 4 rings (SSSR count). The van der Waals surface area contributed by atoms with Crippen molar-refractivity contribution in [1.82, 2.24) is 14.7 Å². The third kappa shape index (κ3) is 3.98. The predicted octanol–water partition coefficient (Wildman–Crippen LogP) is 3.76. The first-order valence-corrected chi connectivity index (χ1v) is 9.26. The smallest absolute Gasteiger partial charge is 0.124 e. The highest BCUT2D eigenvalue weighted by atomic mass is 16.5. The van der Waals surface area contributed by atoms with E-state index in [1.54, 1.807) is 7.11 Å². The molecule has 1 aliphatic heterocycles. The van der Waals surface area contributed by atoms with Crippen molar-refractivity contribution in [3.63, 3.8) is 0 Å². The van der Waals surface area contributed by atoms with Crippen molar-refractivity contribution in [3.05, 3.63) is 71.5 Å². The maximum atomic E-state index is 6.04. The number of aromatic nitrogens is 2. The highest BCUT2D eigenvalue weighted by Gasteiger charge is 2.28. The Labute approximate surface area is 160 Å². The standard InChI is InChI=1S/C22H25N3O2/c1-16-10-17(2)25(23-16)19-7-4-6-18(11-19)13-24-14-22(15-24)27-21-9-5-8-20(12-21)26-3/h4-12,22H,13-15H2,1-3H3. The number of hydrogen-bond donors (Lipinski definition) is 0. The zero-order valence-electron chi connectivity index (χ0n) is 16.1. The Bertz CT molecular complexity index is 929. The monoisotopic (exact) mass is 363 g/mol. The Morgan fingerprint density at radius 2 is 1.78 bits per heavy atom. The van der Waals surface area contributed by atoms with E-state index in [4.69, 9.17) is 9.47 Å². The summed E-state index contributed by atoms with van der Waals surface area (Å²) in [6.07, 6.45) is 0.233. The van der Waals surface area contributed by atoms with Gasteiger partial charge < -0.3 is 9.47 Å². The van der Waals surface area contributed by atoms with Gasteiger partial charge in [-0.15, -0.1) is 0 Å². The average molecular weight is 363 g/mol. The molecule has 2 heterocycles. The van der Waals surface area contributed by atoms with Crippen molar-refractivity contribution < 1.29 is 9.47 Å². The molecule has 0 N–H and O–H groups in total. The van der Waals surface area contributed by atoms with Gasteiger partial charge in [0.15, 0.2) is 0 Å². The van der Waals surface area contributed by atoms with Crippen LogP contribution in [0, 0.1) is 13.8 Å². The molecule has 0 unspecified atom stereocenters. The first-order chi connectivity index (χ1) is 13.1. The van der Waals surface area contributed by atoms with Crippen molar-refractivity contribution in [2.24, 2.45) is 0 Å². The van der Waals surface area contributed by atoms with Crippen molar-refractivity contribution in [2.75, 3.05) is 20.2 Å². The molecule has 0 saturated carbocycles. The summed E-state index contributed by atoms with van der Waals surface area (Å²) in [6.45, 7) is 6.90. The molecular formula is C22H25N3O2. The largest absolute Gasteiger partial charge is 0.497 e. The Morgan fingerprint density at radius 3 is 2.52 bits per heavy atom. The first kappa shape index (κ1) is 17.6. The molecule has 1 aliphatic rings. The highest BCUT2D eigenvalue weighted by Crippen LogP contribution is 2.24. The van der Waals surface area contributed by atoms with E-state index in [1.165, 1.54) is 5.56 Å². The molecule has 27 heavy (non-hydrogen) atoms. The first-order valence-electron chi connectivity index (χ1n) is 9.26. The molecule has 2 aromatic carbocycles. The normalized spacial score (nSPS) is 14.8. The number of rotatable bonds is 6. The van der Waals surface area contributed by atoms with Crippen LogP contribution in [0.3, 0.4) is 0 Å². The van der Waals surface area contributed by atoms with Crippen molar-refractivity contribution >= 4 is 0 Å². The van der Waals surface area contributed by atoms with Gasteiger partial charge in [-0.25, -0.2) is 4.68 Å². The SMILES string of the molecule is COc1cccc(OC2CN(Cc3cccc(-n4nc(C)cc4C)c3)C2)c1. The van der Waals surface area contributed by atoms with Gasteiger partial charge in [0.25, 0.3) is 0 Å². The average Bonchev–Trinajstić information content (AvgIpc) is 2.98. The Morgan fingerprint density at radius 1 is 1.00 bits per heavy atom. The lowest BCUT2D eigenvalue weighted by molar-refractivity contribution is 0.0145. The Hall–Kier alpha value is -2.79. The summed E-state index contributed by atoms with van der Waals surface area (Å²) in [4.78, 5) is 2.39. The Kier molecular flexibility index (Phi) is 4.86. The lowest BCUT2D eigenvalue weighted by Gasteiger charge is -2.39. The van der Waals surface area contributed by atoms with Crippen LogP contribution in [0.5, 0.6) is 11.5 Å². The summed E-state index contributed by atoms with van der Waals surface area (Å²) in [5.74, 6) is 1.69. The predicted molar refractivity (Wildman–Crippen MR) is 106 cm³/mol. The maximum Gasteiger partial charge on any atom is 0.124 e. The summed E-state index contributed by atoms with van der Waals surface area (Å²) >= 11 is 0. The fourth-order valence-corrected chi connectivity index (χ4v) is 3.53. The van der Waals surface area contributed by atoms with Gasteiger partial charge in [0.2, 0.25) is 0 Å². The van der Waals surface area contributed by atoms with Crippen LogP contribution >= 0.6 is 0 Å². The summed E-state index contributed by atoms with van der Waals surface area (Å²) in [7, 11) is 1.67. The fraction of sp³-hybridized carbons (Fsp3) is 0.318. The minimum absolute atomic E-state index is 0.233. The van der Waals surface area contributed by atoms with E-state index in [9.17, 15) is 0 Å². The van der Waals surface area contributed by atoms with Gasteiger partial charge in [0.05, 0.1) is 18.5 Å². The summed E-state index contributed by atoms with van der Waals surface area (Å²) in [5, 5.41) is 4.58. The van der Waals surface area contributed by atoms with Gasteiger partial charge in [-0.05, 0) is 49.7 Å². The second-order valence-corrected chi connectivity index (χ2v) is 7.12. The molecule has 0 spiro atoms. The van der Waals surface area contributed by atoms with E-state index < -0.39 is 0 Å². The summed E-state index contributed by atoms with van der Waals surface area (Å²) < 4.78 is 13.3. The third-order valence-electron chi connectivity index (χ3n) is 4.84. The van der Waals surface area contributed by atoms with E-state index >= 15 is 0 Å². The Balaban J connectivity index is 1.35. The number of methoxy groups -OCH3 is 1. The molecule has 0 aliphatic carbocycles. The number of benzene rings is 2. The molecule has 5 heteroatoms.